The average molecular weight is 303 g/mol. The molecule has 2 amide bonds. The fourth-order valence-corrected chi connectivity index (χ4v) is 4.29. The summed E-state index contributed by atoms with van der Waals surface area (Å²) in [7, 11) is 0. The molecule has 1 fully saturated rings. The van der Waals surface area contributed by atoms with Crippen molar-refractivity contribution >= 4 is 28.7 Å². The number of benzene rings is 1. The quantitative estimate of drug-likeness (QED) is 0.834. The summed E-state index contributed by atoms with van der Waals surface area (Å²) in [5, 5.41) is 0.611. The predicted molar refractivity (Wildman–Crippen MR) is 77.6 cm³/mol. The Morgan fingerprint density at radius 3 is 3.05 bits per heavy atom. The van der Waals surface area contributed by atoms with E-state index in [-0.39, 0.29) is 5.91 Å². The predicted octanol–water partition coefficient (Wildman–Crippen LogP) is 0.883. The van der Waals surface area contributed by atoms with Crippen LogP contribution in [0, 0.1) is 5.92 Å². The minimum atomic E-state index is -1.06. The number of carbonyl (C=O) groups is 2. The van der Waals surface area contributed by atoms with E-state index in [4.69, 9.17) is 10.5 Å². The first-order valence-electron chi connectivity index (χ1n) is 6.63. The monoisotopic (exact) mass is 303 g/mol. The van der Waals surface area contributed by atoms with E-state index in [1.807, 2.05) is 24.3 Å². The molecule has 0 spiro atoms. The van der Waals surface area contributed by atoms with Crippen LogP contribution < -0.4 is 10.5 Å². The zero-order valence-electron chi connectivity index (χ0n) is 11.3. The van der Waals surface area contributed by atoms with Crippen LogP contribution in [0.5, 0.6) is 5.75 Å². The number of nitrogens with two attached hydrogens (primary N) is 1. The molecule has 3 aliphatic rings. The van der Waals surface area contributed by atoms with Crippen molar-refractivity contribution in [3.05, 3.63) is 29.8 Å². The molecule has 0 radical (unpaired) electrons. The van der Waals surface area contributed by atoms with Gasteiger partial charge in [-0.2, -0.15) is 0 Å². The minimum absolute atomic E-state index is 0.0475. The number of carbonyl (C=O) groups excluding carboxylic acids is 2. The number of rotatable bonds is 1. The molecule has 0 saturated carbocycles. The first-order valence-corrected chi connectivity index (χ1v) is 7.62. The van der Waals surface area contributed by atoms with E-state index >= 15 is 0 Å². The van der Waals surface area contributed by atoms with Crippen LogP contribution in [0.4, 0.5) is 0 Å². The van der Waals surface area contributed by atoms with Crippen LogP contribution in [0.1, 0.15) is 18.5 Å². The Balaban J connectivity index is 1.99. The van der Waals surface area contributed by atoms with Crippen LogP contribution in [0.3, 0.4) is 0 Å². The van der Waals surface area contributed by atoms with Gasteiger partial charge in [-0.15, -0.1) is 0 Å². The highest BCUT2D eigenvalue weighted by Crippen LogP contribution is 2.52. The Labute approximate surface area is 125 Å². The molecule has 2 bridgehead atoms. The molecule has 0 aliphatic carbocycles. The molecule has 1 saturated heterocycles. The second-order valence-corrected chi connectivity index (χ2v) is 6.41. The van der Waals surface area contributed by atoms with E-state index in [9.17, 15) is 9.59 Å². The van der Waals surface area contributed by atoms with Crippen molar-refractivity contribution in [2.75, 3.05) is 5.75 Å². The lowest BCUT2D eigenvalue weighted by Gasteiger charge is -2.49. The van der Waals surface area contributed by atoms with Gasteiger partial charge in [-0.05, 0) is 13.0 Å². The van der Waals surface area contributed by atoms with Crippen molar-refractivity contribution in [1.29, 1.82) is 0 Å². The second-order valence-electron chi connectivity index (χ2n) is 5.47. The molecule has 4 rings (SSSR count). The van der Waals surface area contributed by atoms with Gasteiger partial charge in [0.05, 0.1) is 11.8 Å². The number of hydrogen-bond acceptors (Lipinski definition) is 5. The molecule has 3 aliphatic heterocycles. The lowest BCUT2D eigenvalue weighted by molar-refractivity contribution is -0.140. The first kappa shape index (κ1) is 12.7. The summed E-state index contributed by atoms with van der Waals surface area (Å²) in [6.07, 6.45) is 0. The molecule has 3 heterocycles. The number of aliphatic imine (C=N–C) groups is 1. The first-order chi connectivity index (χ1) is 10.0. The molecule has 7 heteroatoms. The fraction of sp³-hybridized carbons (Fsp3) is 0.357. The van der Waals surface area contributed by atoms with Gasteiger partial charge in [0.1, 0.15) is 11.7 Å². The molecule has 0 unspecified atom stereocenters. The minimum Gasteiger partial charge on any atom is -0.465 e. The number of ether oxygens (including phenoxy) is 1. The maximum Gasteiger partial charge on any atom is 0.239 e. The third-order valence-electron chi connectivity index (χ3n) is 4.15. The number of fused-ring (bicyclic) bond motifs is 6. The van der Waals surface area contributed by atoms with Gasteiger partial charge in [-0.1, -0.05) is 30.0 Å². The summed E-state index contributed by atoms with van der Waals surface area (Å²) in [5.41, 5.74) is 5.34. The van der Waals surface area contributed by atoms with E-state index in [1.165, 1.54) is 11.8 Å². The number of thioether (sulfide) groups is 1. The molecule has 21 heavy (non-hydrogen) atoms. The Morgan fingerprint density at radius 1 is 1.52 bits per heavy atom. The highest BCUT2D eigenvalue weighted by atomic mass is 32.2. The summed E-state index contributed by atoms with van der Waals surface area (Å²) >= 11 is 1.37. The lowest BCUT2D eigenvalue weighted by atomic mass is 9.80. The van der Waals surface area contributed by atoms with Gasteiger partial charge in [-0.25, -0.2) is 4.99 Å². The van der Waals surface area contributed by atoms with Gasteiger partial charge in [-0.3, -0.25) is 14.5 Å². The van der Waals surface area contributed by atoms with Crippen LogP contribution in [0.15, 0.2) is 29.3 Å². The van der Waals surface area contributed by atoms with Gasteiger partial charge in [0.25, 0.3) is 0 Å². The van der Waals surface area contributed by atoms with Gasteiger partial charge >= 0.3 is 0 Å². The zero-order chi connectivity index (χ0) is 14.8. The Kier molecular flexibility index (Phi) is 2.42. The van der Waals surface area contributed by atoms with E-state index in [0.29, 0.717) is 16.7 Å². The largest absolute Gasteiger partial charge is 0.465 e. The highest BCUT2D eigenvalue weighted by molar-refractivity contribution is 8.15. The van der Waals surface area contributed by atoms with Crippen molar-refractivity contribution in [3.8, 4) is 5.75 Å². The summed E-state index contributed by atoms with van der Waals surface area (Å²) < 4.78 is 5.97. The van der Waals surface area contributed by atoms with E-state index < -0.39 is 23.6 Å². The number of amidine groups is 1. The van der Waals surface area contributed by atoms with Gasteiger partial charge in [0.2, 0.25) is 17.5 Å². The Morgan fingerprint density at radius 2 is 2.29 bits per heavy atom. The number of amides is 2. The second kappa shape index (κ2) is 4.00. The van der Waals surface area contributed by atoms with Crippen molar-refractivity contribution < 1.29 is 14.3 Å². The molecule has 1 aromatic rings. The summed E-state index contributed by atoms with van der Waals surface area (Å²) in [4.78, 5) is 30.3. The van der Waals surface area contributed by atoms with Crippen LogP contribution in [-0.2, 0) is 9.59 Å². The number of hydrogen-bond donors (Lipinski definition) is 1. The Hall–Kier alpha value is -2.02. The molecular weight excluding hydrogens is 290 g/mol. The van der Waals surface area contributed by atoms with Gasteiger partial charge in [0.15, 0.2) is 5.17 Å². The molecule has 2 N–H and O–H groups in total. The SMILES string of the molecule is C[C@@]12N=C3SCC(=O)N3[C@@H](c3ccccc3O1)[C@@H]2C(N)=O. The van der Waals surface area contributed by atoms with Crippen molar-refractivity contribution in [2.45, 2.75) is 18.7 Å². The fourth-order valence-electron chi connectivity index (χ4n) is 3.30. The van der Waals surface area contributed by atoms with Crippen LogP contribution in [0.25, 0.3) is 0 Å². The van der Waals surface area contributed by atoms with Crippen LogP contribution >= 0.6 is 11.8 Å². The standard InChI is InChI=1S/C14H13N3O3S/c1-14-10(12(15)19)11(7-4-2-3-5-8(7)20-14)17-9(18)6-21-13(17)16-14/h2-5,10-11H,6H2,1H3,(H2,15,19)/t10-,11+,14-/m1/s1. The van der Waals surface area contributed by atoms with Gasteiger partial charge in [0, 0.05) is 5.56 Å². The van der Waals surface area contributed by atoms with Crippen LogP contribution in [0.2, 0.25) is 0 Å². The van der Waals surface area contributed by atoms with Crippen molar-refractivity contribution in [1.82, 2.24) is 4.90 Å². The van der Waals surface area contributed by atoms with E-state index in [1.54, 1.807) is 11.8 Å². The van der Waals surface area contributed by atoms with Crippen molar-refractivity contribution in [3.63, 3.8) is 0 Å². The van der Waals surface area contributed by atoms with Crippen molar-refractivity contribution in [2.24, 2.45) is 16.6 Å². The molecular formula is C14H13N3O3S. The molecule has 6 nitrogen and oxygen atoms in total. The molecule has 0 aromatic heterocycles. The smallest absolute Gasteiger partial charge is 0.239 e. The lowest BCUT2D eigenvalue weighted by Crippen LogP contribution is -2.60. The number of nitrogens with zero attached hydrogens (tertiary/aromatic N) is 2. The summed E-state index contributed by atoms with van der Waals surface area (Å²) in [5.74, 6) is -0.272. The molecule has 1 aromatic carbocycles. The Bertz CT molecular complexity index is 704. The number of primary amides is 1. The summed E-state index contributed by atoms with van der Waals surface area (Å²) in [6.45, 7) is 1.75. The third-order valence-corrected chi connectivity index (χ3v) is 5.09. The van der Waals surface area contributed by atoms with Gasteiger partial charge < -0.3 is 10.5 Å². The molecule has 3 atom stereocenters. The molecule has 108 valence electrons. The third kappa shape index (κ3) is 1.58. The highest BCUT2D eigenvalue weighted by Gasteiger charge is 2.58. The zero-order valence-corrected chi connectivity index (χ0v) is 12.1. The number of para-hydroxylation sites is 1. The normalized spacial score (nSPS) is 32.9. The van der Waals surface area contributed by atoms with Crippen LogP contribution in [-0.4, -0.2) is 33.4 Å². The average Bonchev–Trinajstić information content (AvgIpc) is 2.77. The summed E-state index contributed by atoms with van der Waals surface area (Å²) in [6, 6.07) is 6.98. The topological polar surface area (TPSA) is 85.0 Å². The van der Waals surface area contributed by atoms with E-state index in [2.05, 4.69) is 4.99 Å². The van der Waals surface area contributed by atoms with E-state index in [0.717, 1.165) is 5.56 Å². The maximum absolute atomic E-state index is 12.2. The maximum atomic E-state index is 12.2.